The standard InChI is InChI=1S/C28H33N5O3/c1-30-27(25-9-5-6-10-26(25)29-30)32(28(34)23-11-13-24(14-12-23)33(35)36)20-19-31-17-15-22(16-18-31)21-7-3-2-4-8-21/h2-4,7-8,11-14,22H,5-6,9-10,15-20H2,1H3. The number of nitro groups is 1. The Morgan fingerprint density at radius 3 is 2.44 bits per heavy atom. The third-order valence-electron chi connectivity index (χ3n) is 7.61. The summed E-state index contributed by atoms with van der Waals surface area (Å²) < 4.78 is 1.85. The van der Waals surface area contributed by atoms with Crippen LogP contribution in [-0.2, 0) is 19.9 Å². The van der Waals surface area contributed by atoms with Gasteiger partial charge < -0.3 is 4.90 Å². The lowest BCUT2D eigenvalue weighted by atomic mass is 9.89. The topological polar surface area (TPSA) is 84.5 Å². The Bertz CT molecular complexity index is 1210. The average molecular weight is 488 g/mol. The van der Waals surface area contributed by atoms with Crippen LogP contribution in [0.5, 0.6) is 0 Å². The maximum atomic E-state index is 13.8. The Labute approximate surface area is 211 Å². The fraction of sp³-hybridized carbons (Fsp3) is 0.429. The van der Waals surface area contributed by atoms with Gasteiger partial charge in [0.25, 0.3) is 11.6 Å². The second-order valence-corrected chi connectivity index (χ2v) is 9.87. The molecule has 1 fully saturated rings. The van der Waals surface area contributed by atoms with Crippen LogP contribution in [0, 0.1) is 10.1 Å². The van der Waals surface area contributed by atoms with Crippen LogP contribution < -0.4 is 4.90 Å². The number of aryl methyl sites for hydroxylation is 2. The van der Waals surface area contributed by atoms with Gasteiger partial charge in [-0.1, -0.05) is 30.3 Å². The first-order chi connectivity index (χ1) is 17.5. The van der Waals surface area contributed by atoms with Crippen molar-refractivity contribution >= 4 is 17.4 Å². The first-order valence-electron chi connectivity index (χ1n) is 12.9. The van der Waals surface area contributed by atoms with Crippen molar-refractivity contribution in [1.29, 1.82) is 0 Å². The van der Waals surface area contributed by atoms with Crippen molar-refractivity contribution in [3.63, 3.8) is 0 Å². The number of amides is 1. The summed E-state index contributed by atoms with van der Waals surface area (Å²) in [6.45, 7) is 3.34. The summed E-state index contributed by atoms with van der Waals surface area (Å²) >= 11 is 0. The van der Waals surface area contributed by atoms with E-state index >= 15 is 0 Å². The van der Waals surface area contributed by atoms with Crippen LogP contribution in [0.2, 0.25) is 0 Å². The van der Waals surface area contributed by atoms with Crippen molar-refractivity contribution in [3.05, 3.63) is 87.1 Å². The molecule has 1 aliphatic carbocycles. The van der Waals surface area contributed by atoms with Crippen LogP contribution in [0.4, 0.5) is 11.5 Å². The number of rotatable bonds is 7. The fourth-order valence-corrected chi connectivity index (χ4v) is 5.64. The molecule has 0 unspecified atom stereocenters. The molecule has 0 bridgehead atoms. The molecule has 1 amide bonds. The number of fused-ring (bicyclic) bond motifs is 1. The number of nitro benzene ring substituents is 1. The molecule has 5 rings (SSSR count). The molecule has 0 N–H and O–H groups in total. The highest BCUT2D eigenvalue weighted by Crippen LogP contribution is 2.32. The zero-order chi connectivity index (χ0) is 25.1. The van der Waals surface area contributed by atoms with E-state index in [1.54, 1.807) is 12.1 Å². The van der Waals surface area contributed by atoms with Crippen LogP contribution in [0.1, 0.15) is 58.8 Å². The van der Waals surface area contributed by atoms with Crippen molar-refractivity contribution in [1.82, 2.24) is 14.7 Å². The summed E-state index contributed by atoms with van der Waals surface area (Å²) in [5.41, 5.74) is 4.10. The Morgan fingerprint density at radius 2 is 1.75 bits per heavy atom. The number of benzene rings is 2. The van der Waals surface area contributed by atoms with E-state index in [1.165, 1.54) is 23.3 Å². The van der Waals surface area contributed by atoms with Gasteiger partial charge in [0, 0.05) is 43.4 Å². The second-order valence-electron chi connectivity index (χ2n) is 9.87. The molecule has 8 heteroatoms. The van der Waals surface area contributed by atoms with Gasteiger partial charge in [0.1, 0.15) is 5.82 Å². The van der Waals surface area contributed by atoms with Crippen LogP contribution in [0.3, 0.4) is 0 Å². The van der Waals surface area contributed by atoms with Crippen molar-refractivity contribution < 1.29 is 9.72 Å². The lowest BCUT2D eigenvalue weighted by molar-refractivity contribution is -0.384. The quantitative estimate of drug-likeness (QED) is 0.355. The third kappa shape index (κ3) is 5.04. The van der Waals surface area contributed by atoms with Gasteiger partial charge in [-0.25, -0.2) is 0 Å². The van der Waals surface area contributed by atoms with Crippen molar-refractivity contribution in [2.45, 2.75) is 44.4 Å². The highest BCUT2D eigenvalue weighted by atomic mass is 16.6. The Morgan fingerprint density at radius 1 is 1.06 bits per heavy atom. The zero-order valence-electron chi connectivity index (χ0n) is 20.8. The van der Waals surface area contributed by atoms with Gasteiger partial charge in [0.2, 0.25) is 0 Å². The highest BCUT2D eigenvalue weighted by Gasteiger charge is 2.29. The molecule has 8 nitrogen and oxygen atoms in total. The van der Waals surface area contributed by atoms with E-state index in [9.17, 15) is 14.9 Å². The molecule has 3 aromatic rings. The molecule has 2 aromatic carbocycles. The SMILES string of the molecule is Cn1nc2c(c1N(CCN1CCC(c3ccccc3)CC1)C(=O)c1ccc([N+](=O)[O-])cc1)CCCC2. The number of likely N-dealkylation sites (tertiary alicyclic amines) is 1. The predicted octanol–water partition coefficient (Wildman–Crippen LogP) is 4.73. The molecule has 0 spiro atoms. The van der Waals surface area contributed by atoms with Crippen molar-refractivity contribution in [2.75, 3.05) is 31.1 Å². The van der Waals surface area contributed by atoms with Crippen molar-refractivity contribution in [2.24, 2.45) is 7.05 Å². The monoisotopic (exact) mass is 487 g/mol. The number of nitrogens with zero attached hydrogens (tertiary/aromatic N) is 5. The van der Waals surface area contributed by atoms with E-state index in [0.717, 1.165) is 69.7 Å². The van der Waals surface area contributed by atoms with Crippen LogP contribution in [0.15, 0.2) is 54.6 Å². The smallest absolute Gasteiger partial charge is 0.269 e. The number of carbonyl (C=O) groups is 1. The van der Waals surface area contributed by atoms with E-state index < -0.39 is 4.92 Å². The Hall–Kier alpha value is -3.52. The number of carbonyl (C=O) groups excluding carboxylic acids is 1. The van der Waals surface area contributed by atoms with Crippen LogP contribution in [-0.4, -0.2) is 51.7 Å². The maximum absolute atomic E-state index is 13.8. The molecule has 1 aliphatic heterocycles. The summed E-state index contributed by atoms with van der Waals surface area (Å²) in [5.74, 6) is 1.32. The van der Waals surface area contributed by atoms with Crippen LogP contribution >= 0.6 is 0 Å². The number of non-ortho nitro benzene ring substituents is 1. The molecule has 0 saturated carbocycles. The number of anilines is 1. The molecule has 2 aliphatic rings. The maximum Gasteiger partial charge on any atom is 0.269 e. The summed E-state index contributed by atoms with van der Waals surface area (Å²) in [4.78, 5) is 28.7. The van der Waals surface area contributed by atoms with Crippen molar-refractivity contribution in [3.8, 4) is 0 Å². The van der Waals surface area contributed by atoms with E-state index in [4.69, 9.17) is 5.10 Å². The first kappa shape index (κ1) is 24.2. The molecule has 2 heterocycles. The van der Waals surface area contributed by atoms with E-state index in [1.807, 2.05) is 16.6 Å². The minimum atomic E-state index is -0.442. The summed E-state index contributed by atoms with van der Waals surface area (Å²) in [6, 6.07) is 16.6. The average Bonchev–Trinajstić information content (AvgIpc) is 3.25. The molecule has 36 heavy (non-hydrogen) atoms. The van der Waals surface area contributed by atoms with Gasteiger partial charge in [0.15, 0.2) is 0 Å². The number of hydrogen-bond acceptors (Lipinski definition) is 5. The summed E-state index contributed by atoms with van der Waals surface area (Å²) in [7, 11) is 1.91. The molecule has 0 atom stereocenters. The number of hydrogen-bond donors (Lipinski definition) is 0. The van der Waals surface area contributed by atoms with E-state index in [2.05, 4.69) is 35.2 Å². The first-order valence-corrected chi connectivity index (χ1v) is 12.9. The molecule has 0 radical (unpaired) electrons. The summed E-state index contributed by atoms with van der Waals surface area (Å²) in [6.07, 6.45) is 6.30. The lowest BCUT2D eigenvalue weighted by Gasteiger charge is -2.34. The second kappa shape index (κ2) is 10.6. The Kier molecular flexibility index (Phi) is 7.13. The minimum Gasteiger partial charge on any atom is -0.302 e. The minimum absolute atomic E-state index is 0.0164. The Balaban J connectivity index is 1.34. The highest BCUT2D eigenvalue weighted by molar-refractivity contribution is 6.06. The third-order valence-corrected chi connectivity index (χ3v) is 7.61. The normalized spacial score (nSPS) is 16.5. The van der Waals surface area contributed by atoms with Crippen LogP contribution in [0.25, 0.3) is 0 Å². The van der Waals surface area contributed by atoms with Gasteiger partial charge in [-0.3, -0.25) is 24.5 Å². The van der Waals surface area contributed by atoms with Gasteiger partial charge in [-0.05, 0) is 75.2 Å². The molecule has 188 valence electrons. The van der Waals surface area contributed by atoms with Gasteiger partial charge in [-0.2, -0.15) is 5.10 Å². The molecule has 1 aromatic heterocycles. The van der Waals surface area contributed by atoms with E-state index in [-0.39, 0.29) is 11.6 Å². The number of aromatic nitrogens is 2. The predicted molar refractivity (Wildman–Crippen MR) is 139 cm³/mol. The van der Waals surface area contributed by atoms with E-state index in [0.29, 0.717) is 18.0 Å². The zero-order valence-corrected chi connectivity index (χ0v) is 20.8. The largest absolute Gasteiger partial charge is 0.302 e. The lowest BCUT2D eigenvalue weighted by Crippen LogP contribution is -2.42. The molecular formula is C28H33N5O3. The van der Waals surface area contributed by atoms with Gasteiger partial charge >= 0.3 is 0 Å². The fourth-order valence-electron chi connectivity index (χ4n) is 5.64. The van der Waals surface area contributed by atoms with Gasteiger partial charge in [-0.15, -0.1) is 0 Å². The molecule has 1 saturated heterocycles. The number of piperidine rings is 1. The molecular weight excluding hydrogens is 454 g/mol. The summed E-state index contributed by atoms with van der Waals surface area (Å²) in [5, 5.41) is 15.8. The van der Waals surface area contributed by atoms with Gasteiger partial charge in [0.05, 0.1) is 10.6 Å².